The largest absolute Gasteiger partial charge is 0.437 e. The molecule has 3 aromatic carbocycles. The molecule has 5 rings (SSSR count). The van der Waals surface area contributed by atoms with Crippen molar-refractivity contribution in [3.05, 3.63) is 84.7 Å². The molecule has 1 aromatic heterocycles. The number of fused-ring (bicyclic) bond motifs is 1. The molecule has 0 saturated carbocycles. The molecule has 0 spiro atoms. The van der Waals surface area contributed by atoms with Gasteiger partial charge >= 0.3 is 0 Å². The number of hydrogen-bond acceptors (Lipinski definition) is 6. The summed E-state index contributed by atoms with van der Waals surface area (Å²) < 4.78 is 6.04. The van der Waals surface area contributed by atoms with Crippen LogP contribution in [0, 0.1) is 0 Å². The summed E-state index contributed by atoms with van der Waals surface area (Å²) in [6.45, 7) is 4.61. The Balaban J connectivity index is 1.28. The lowest BCUT2D eigenvalue weighted by atomic mass is 10.1. The molecular formula is C25H25N5O. The van der Waals surface area contributed by atoms with E-state index in [-0.39, 0.29) is 0 Å². The summed E-state index contributed by atoms with van der Waals surface area (Å²) in [5.74, 6) is 1.85. The van der Waals surface area contributed by atoms with E-state index in [4.69, 9.17) is 10.5 Å². The van der Waals surface area contributed by atoms with Crippen molar-refractivity contribution in [2.75, 3.05) is 36.8 Å². The molecule has 0 aliphatic carbocycles. The first-order valence-electron chi connectivity index (χ1n) is 10.5. The number of anilines is 2. The zero-order chi connectivity index (χ0) is 21.0. The van der Waals surface area contributed by atoms with Crippen LogP contribution in [-0.2, 0) is 6.54 Å². The Bertz CT molecular complexity index is 1170. The molecule has 156 valence electrons. The van der Waals surface area contributed by atoms with E-state index in [1.54, 1.807) is 0 Å². The van der Waals surface area contributed by atoms with Gasteiger partial charge in [-0.3, -0.25) is 4.90 Å². The molecular weight excluding hydrogens is 386 g/mol. The third-order valence-electron chi connectivity index (χ3n) is 5.68. The smallest absolute Gasteiger partial charge is 0.248 e. The lowest BCUT2D eigenvalue weighted by Gasteiger charge is -2.35. The fourth-order valence-electron chi connectivity index (χ4n) is 4.01. The molecule has 0 bridgehead atoms. The molecule has 6 nitrogen and oxygen atoms in total. The third-order valence-corrected chi connectivity index (χ3v) is 5.68. The highest BCUT2D eigenvalue weighted by Gasteiger charge is 2.22. The summed E-state index contributed by atoms with van der Waals surface area (Å²) in [4.78, 5) is 13.4. The summed E-state index contributed by atoms with van der Waals surface area (Å²) in [6, 6.07) is 24.7. The van der Waals surface area contributed by atoms with Gasteiger partial charge in [-0.15, -0.1) is 0 Å². The number of nitrogen functional groups attached to an aromatic ring is 1. The van der Waals surface area contributed by atoms with Crippen LogP contribution in [0.2, 0.25) is 0 Å². The van der Waals surface area contributed by atoms with Crippen molar-refractivity contribution < 1.29 is 4.74 Å². The van der Waals surface area contributed by atoms with Crippen LogP contribution in [0.25, 0.3) is 10.8 Å². The van der Waals surface area contributed by atoms with E-state index in [1.165, 1.54) is 17.3 Å². The number of hydrogen-bond donors (Lipinski definition) is 1. The monoisotopic (exact) mass is 411 g/mol. The first-order valence-corrected chi connectivity index (χ1v) is 10.5. The highest BCUT2D eigenvalue weighted by atomic mass is 16.5. The number of piperazine rings is 1. The summed E-state index contributed by atoms with van der Waals surface area (Å²) in [5, 5.41) is 2.28. The quantitative estimate of drug-likeness (QED) is 0.527. The first kappa shape index (κ1) is 19.3. The van der Waals surface area contributed by atoms with Crippen molar-refractivity contribution in [2.45, 2.75) is 6.54 Å². The van der Waals surface area contributed by atoms with Gasteiger partial charge in [0.25, 0.3) is 0 Å². The molecule has 0 amide bonds. The summed E-state index contributed by atoms with van der Waals surface area (Å²) in [5.41, 5.74) is 8.24. The Morgan fingerprint density at radius 2 is 1.55 bits per heavy atom. The molecule has 2 N–H and O–H groups in total. The van der Waals surface area contributed by atoms with Crippen LogP contribution in [0.3, 0.4) is 0 Å². The maximum Gasteiger partial charge on any atom is 0.248 e. The molecule has 1 fully saturated rings. The summed E-state index contributed by atoms with van der Waals surface area (Å²) in [6.07, 6.45) is 1.53. The number of rotatable bonds is 5. The van der Waals surface area contributed by atoms with E-state index in [9.17, 15) is 0 Å². The van der Waals surface area contributed by atoms with Gasteiger partial charge in [0.2, 0.25) is 5.88 Å². The van der Waals surface area contributed by atoms with E-state index in [2.05, 4.69) is 62.2 Å². The lowest BCUT2D eigenvalue weighted by molar-refractivity contribution is 0.249. The first-order chi connectivity index (χ1) is 15.3. The predicted molar refractivity (Wildman–Crippen MR) is 124 cm³/mol. The standard InChI is InChI=1S/C25H25N5O/c26-23-24(30-14-12-29(13-15-30)17-19-6-2-1-3-7-19)27-18-28-25(23)31-22-11-10-20-8-4-5-9-21(20)16-22/h1-11,16,18H,12-15,17,26H2. The predicted octanol–water partition coefficient (Wildman–Crippen LogP) is 4.33. The van der Waals surface area contributed by atoms with Gasteiger partial charge in [-0.25, -0.2) is 4.98 Å². The third kappa shape index (κ3) is 4.29. The number of ether oxygens (including phenoxy) is 1. The highest BCUT2D eigenvalue weighted by Crippen LogP contribution is 2.33. The number of nitrogens with two attached hydrogens (primary N) is 1. The minimum absolute atomic E-state index is 0.395. The van der Waals surface area contributed by atoms with Gasteiger partial charge in [-0.2, -0.15) is 4.98 Å². The Morgan fingerprint density at radius 3 is 2.35 bits per heavy atom. The normalized spacial score (nSPS) is 14.6. The van der Waals surface area contributed by atoms with Crippen LogP contribution < -0.4 is 15.4 Å². The van der Waals surface area contributed by atoms with E-state index >= 15 is 0 Å². The van der Waals surface area contributed by atoms with Crippen LogP contribution in [0.15, 0.2) is 79.1 Å². The highest BCUT2D eigenvalue weighted by molar-refractivity contribution is 5.84. The van der Waals surface area contributed by atoms with Gasteiger partial charge in [0, 0.05) is 32.7 Å². The zero-order valence-corrected chi connectivity index (χ0v) is 17.3. The molecule has 2 heterocycles. The maximum atomic E-state index is 6.43. The second kappa shape index (κ2) is 8.62. The molecule has 6 heteroatoms. The van der Waals surface area contributed by atoms with E-state index in [0.717, 1.165) is 43.9 Å². The minimum atomic E-state index is 0.395. The van der Waals surface area contributed by atoms with Crippen molar-refractivity contribution in [1.29, 1.82) is 0 Å². The summed E-state index contributed by atoms with van der Waals surface area (Å²) in [7, 11) is 0. The van der Waals surface area contributed by atoms with Crippen molar-refractivity contribution >= 4 is 22.3 Å². The van der Waals surface area contributed by atoms with Crippen LogP contribution in [0.1, 0.15) is 5.56 Å². The molecule has 0 unspecified atom stereocenters. The van der Waals surface area contributed by atoms with Crippen molar-refractivity contribution in [2.24, 2.45) is 0 Å². The average molecular weight is 412 g/mol. The zero-order valence-electron chi connectivity index (χ0n) is 17.3. The number of benzene rings is 3. The lowest BCUT2D eigenvalue weighted by Crippen LogP contribution is -2.46. The Morgan fingerprint density at radius 1 is 0.806 bits per heavy atom. The van der Waals surface area contributed by atoms with Crippen LogP contribution in [0.5, 0.6) is 11.6 Å². The van der Waals surface area contributed by atoms with Gasteiger partial charge in [0.1, 0.15) is 17.8 Å². The van der Waals surface area contributed by atoms with Gasteiger partial charge in [-0.1, -0.05) is 60.7 Å². The maximum absolute atomic E-state index is 6.43. The molecule has 1 saturated heterocycles. The van der Waals surface area contributed by atoms with Crippen LogP contribution >= 0.6 is 0 Å². The van der Waals surface area contributed by atoms with E-state index < -0.39 is 0 Å². The molecule has 1 aliphatic rings. The van der Waals surface area contributed by atoms with Crippen molar-refractivity contribution in [1.82, 2.24) is 14.9 Å². The Kier molecular flexibility index (Phi) is 5.37. The van der Waals surface area contributed by atoms with Gasteiger partial charge in [0.05, 0.1) is 0 Å². The topological polar surface area (TPSA) is 67.5 Å². The Labute approximate surface area is 181 Å². The second-order valence-corrected chi connectivity index (χ2v) is 7.78. The Hall–Kier alpha value is -3.64. The van der Waals surface area contributed by atoms with Gasteiger partial charge < -0.3 is 15.4 Å². The van der Waals surface area contributed by atoms with Crippen molar-refractivity contribution in [3.63, 3.8) is 0 Å². The van der Waals surface area contributed by atoms with Gasteiger partial charge in [0.15, 0.2) is 5.82 Å². The van der Waals surface area contributed by atoms with Crippen molar-refractivity contribution in [3.8, 4) is 11.6 Å². The molecule has 0 radical (unpaired) electrons. The SMILES string of the molecule is Nc1c(Oc2ccc3ccccc3c2)ncnc1N1CCN(Cc2ccccc2)CC1. The van der Waals surface area contributed by atoms with E-state index in [0.29, 0.717) is 17.3 Å². The minimum Gasteiger partial charge on any atom is -0.437 e. The molecule has 0 atom stereocenters. The average Bonchev–Trinajstić information content (AvgIpc) is 2.82. The van der Waals surface area contributed by atoms with Crippen LogP contribution in [-0.4, -0.2) is 41.0 Å². The van der Waals surface area contributed by atoms with Gasteiger partial charge in [-0.05, 0) is 28.5 Å². The molecule has 31 heavy (non-hydrogen) atoms. The number of aromatic nitrogens is 2. The summed E-state index contributed by atoms with van der Waals surface area (Å²) >= 11 is 0. The second-order valence-electron chi connectivity index (χ2n) is 7.78. The number of nitrogens with zero attached hydrogens (tertiary/aromatic N) is 4. The molecule has 1 aliphatic heterocycles. The fourth-order valence-corrected chi connectivity index (χ4v) is 4.01. The van der Waals surface area contributed by atoms with E-state index in [1.807, 2.05) is 30.3 Å². The fraction of sp³-hybridized carbons (Fsp3) is 0.200. The van der Waals surface area contributed by atoms with Crippen LogP contribution in [0.4, 0.5) is 11.5 Å². The molecule has 4 aromatic rings.